The van der Waals surface area contributed by atoms with Gasteiger partial charge in [0.1, 0.15) is 4.75 Å². The zero-order valence-corrected chi connectivity index (χ0v) is 15.8. The molecule has 4 nitrogen and oxygen atoms in total. The van der Waals surface area contributed by atoms with Gasteiger partial charge in [-0.3, -0.25) is 0 Å². The van der Waals surface area contributed by atoms with Crippen LogP contribution in [0.5, 0.6) is 0 Å². The fourth-order valence-corrected chi connectivity index (χ4v) is 8.74. The van der Waals surface area contributed by atoms with Crippen molar-refractivity contribution in [2.75, 3.05) is 0 Å². The first kappa shape index (κ1) is 17.5. The van der Waals surface area contributed by atoms with Crippen molar-refractivity contribution in [3.05, 3.63) is 71.6 Å². The van der Waals surface area contributed by atoms with Crippen LogP contribution in [0, 0.1) is 5.92 Å². The summed E-state index contributed by atoms with van der Waals surface area (Å²) in [7, 11) is -7.68. The van der Waals surface area contributed by atoms with Crippen molar-refractivity contribution < 1.29 is 16.8 Å². The first-order chi connectivity index (χ1) is 12.4. The SMILES string of the molecule is O=S(=O)(C1=CC2CCC1(S(=O)(=O)c1ccccc1)CC2)c1ccccc1. The molecule has 2 bridgehead atoms. The minimum Gasteiger partial charge on any atom is -0.223 e. The second kappa shape index (κ2) is 6.06. The molecule has 0 aromatic heterocycles. The smallest absolute Gasteiger partial charge is 0.204 e. The zero-order chi connectivity index (χ0) is 18.4. The summed E-state index contributed by atoms with van der Waals surface area (Å²) < 4.78 is 52.4. The highest BCUT2D eigenvalue weighted by Gasteiger charge is 2.56. The third-order valence-electron chi connectivity index (χ3n) is 5.58. The van der Waals surface area contributed by atoms with Crippen molar-refractivity contribution in [2.24, 2.45) is 5.92 Å². The number of benzene rings is 2. The minimum absolute atomic E-state index is 0.0718. The zero-order valence-electron chi connectivity index (χ0n) is 14.2. The molecule has 136 valence electrons. The van der Waals surface area contributed by atoms with E-state index in [9.17, 15) is 16.8 Å². The van der Waals surface area contributed by atoms with Crippen LogP contribution in [-0.4, -0.2) is 21.6 Å². The summed E-state index contributed by atoms with van der Waals surface area (Å²) in [6.45, 7) is 0. The molecule has 5 rings (SSSR count). The van der Waals surface area contributed by atoms with Crippen molar-refractivity contribution in [3.8, 4) is 0 Å². The van der Waals surface area contributed by atoms with Gasteiger partial charge in [-0.15, -0.1) is 0 Å². The fraction of sp³-hybridized carbons (Fsp3) is 0.300. The molecule has 3 aliphatic carbocycles. The van der Waals surface area contributed by atoms with E-state index in [1.807, 2.05) is 0 Å². The van der Waals surface area contributed by atoms with Gasteiger partial charge >= 0.3 is 0 Å². The lowest BCUT2D eigenvalue weighted by atomic mass is 9.75. The van der Waals surface area contributed by atoms with Crippen molar-refractivity contribution in [3.63, 3.8) is 0 Å². The van der Waals surface area contributed by atoms with Crippen LogP contribution < -0.4 is 0 Å². The van der Waals surface area contributed by atoms with Crippen molar-refractivity contribution >= 4 is 19.7 Å². The Morgan fingerprint density at radius 1 is 0.731 bits per heavy atom. The average molecular weight is 389 g/mol. The summed E-state index contributed by atoms with van der Waals surface area (Å²) in [5.41, 5.74) is 0. The van der Waals surface area contributed by atoms with Crippen LogP contribution in [0.15, 0.2) is 81.4 Å². The molecular weight excluding hydrogens is 368 g/mol. The second-order valence-corrected chi connectivity index (χ2v) is 11.2. The lowest BCUT2D eigenvalue weighted by molar-refractivity contribution is 0.333. The quantitative estimate of drug-likeness (QED) is 0.800. The fourth-order valence-electron chi connectivity index (χ4n) is 4.17. The molecule has 1 fully saturated rings. The van der Waals surface area contributed by atoms with Crippen LogP contribution in [0.1, 0.15) is 25.7 Å². The van der Waals surface area contributed by atoms with Gasteiger partial charge in [-0.1, -0.05) is 42.5 Å². The summed E-state index contributed by atoms with van der Waals surface area (Å²) in [6.07, 6.45) is 3.83. The van der Waals surface area contributed by atoms with Gasteiger partial charge in [0, 0.05) is 0 Å². The average Bonchev–Trinajstić information content (AvgIpc) is 2.70. The molecule has 0 heterocycles. The Balaban J connectivity index is 1.93. The number of hydrogen-bond donors (Lipinski definition) is 0. The highest BCUT2D eigenvalue weighted by atomic mass is 32.2. The van der Waals surface area contributed by atoms with Crippen LogP contribution in [0.3, 0.4) is 0 Å². The maximum absolute atomic E-state index is 13.5. The Morgan fingerprint density at radius 2 is 1.23 bits per heavy atom. The largest absolute Gasteiger partial charge is 0.223 e. The molecule has 0 atom stereocenters. The number of sulfone groups is 2. The summed E-state index contributed by atoms with van der Waals surface area (Å²) in [6, 6.07) is 16.3. The van der Waals surface area contributed by atoms with E-state index in [0.29, 0.717) is 25.7 Å². The summed E-state index contributed by atoms with van der Waals surface area (Å²) >= 11 is 0. The van der Waals surface area contributed by atoms with Gasteiger partial charge in [0.15, 0.2) is 9.84 Å². The molecule has 3 aliphatic rings. The molecule has 1 saturated carbocycles. The Labute approximate surface area is 154 Å². The molecule has 0 unspecified atom stereocenters. The van der Waals surface area contributed by atoms with Gasteiger partial charge in [-0.25, -0.2) is 16.8 Å². The van der Waals surface area contributed by atoms with Gasteiger partial charge in [-0.2, -0.15) is 0 Å². The number of allylic oxidation sites excluding steroid dienone is 1. The van der Waals surface area contributed by atoms with Crippen molar-refractivity contribution in [1.29, 1.82) is 0 Å². The molecule has 0 radical (unpaired) electrons. The summed E-state index contributed by atoms with van der Waals surface area (Å²) in [4.78, 5) is 0.415. The van der Waals surface area contributed by atoms with Crippen LogP contribution in [0.2, 0.25) is 0 Å². The number of hydrogen-bond acceptors (Lipinski definition) is 4. The molecule has 26 heavy (non-hydrogen) atoms. The predicted molar refractivity (Wildman–Crippen MR) is 100 cm³/mol. The van der Waals surface area contributed by atoms with Crippen LogP contribution in [-0.2, 0) is 19.7 Å². The number of fused-ring (bicyclic) bond motifs is 2. The molecule has 2 aromatic rings. The van der Waals surface area contributed by atoms with E-state index in [-0.39, 0.29) is 20.6 Å². The van der Waals surface area contributed by atoms with Crippen molar-refractivity contribution in [2.45, 2.75) is 40.2 Å². The lowest BCUT2D eigenvalue weighted by Crippen LogP contribution is -2.49. The molecule has 0 N–H and O–H groups in total. The maximum atomic E-state index is 13.5. The second-order valence-electron chi connectivity index (χ2n) is 7.00. The normalized spacial score (nSPS) is 25.7. The highest BCUT2D eigenvalue weighted by molar-refractivity contribution is 7.99. The number of rotatable bonds is 4. The lowest BCUT2D eigenvalue weighted by Gasteiger charge is -2.45. The molecule has 0 amide bonds. The molecule has 6 heteroatoms. The van der Waals surface area contributed by atoms with E-state index in [1.54, 1.807) is 54.6 Å². The van der Waals surface area contributed by atoms with Gasteiger partial charge in [0.2, 0.25) is 9.84 Å². The van der Waals surface area contributed by atoms with Crippen molar-refractivity contribution in [1.82, 2.24) is 0 Å². The topological polar surface area (TPSA) is 68.3 Å². The standard InChI is InChI=1S/C20H20O4S2/c21-25(22,17-7-3-1-4-8-17)19-15-16-11-13-20(19,14-12-16)26(23,24)18-9-5-2-6-10-18/h1-10,15-16H,11-14H2. The van der Waals surface area contributed by atoms with E-state index in [0.717, 1.165) is 0 Å². The summed E-state index contributed by atoms with van der Waals surface area (Å²) in [5, 5.41) is 0. The van der Waals surface area contributed by atoms with Crippen LogP contribution in [0.4, 0.5) is 0 Å². The first-order valence-electron chi connectivity index (χ1n) is 8.70. The third kappa shape index (κ3) is 2.47. The highest BCUT2D eigenvalue weighted by Crippen LogP contribution is 2.53. The van der Waals surface area contributed by atoms with Crippen LogP contribution >= 0.6 is 0 Å². The molecule has 0 saturated heterocycles. The maximum Gasteiger partial charge on any atom is 0.204 e. The van der Waals surface area contributed by atoms with E-state index in [4.69, 9.17) is 0 Å². The molecule has 2 aromatic carbocycles. The van der Waals surface area contributed by atoms with Crippen LogP contribution in [0.25, 0.3) is 0 Å². The van der Waals surface area contributed by atoms with Gasteiger partial charge < -0.3 is 0 Å². The van der Waals surface area contributed by atoms with E-state index >= 15 is 0 Å². The Hall–Kier alpha value is -1.92. The van der Waals surface area contributed by atoms with E-state index < -0.39 is 24.4 Å². The minimum atomic E-state index is -3.86. The monoisotopic (exact) mass is 388 g/mol. The first-order valence-corrected chi connectivity index (χ1v) is 11.7. The Bertz CT molecular complexity index is 1050. The third-order valence-corrected chi connectivity index (χ3v) is 10.3. The molecule has 0 spiro atoms. The molecule has 0 aliphatic heterocycles. The Kier molecular flexibility index (Phi) is 4.08. The van der Waals surface area contributed by atoms with Gasteiger partial charge in [0.05, 0.1) is 14.7 Å². The van der Waals surface area contributed by atoms with E-state index in [2.05, 4.69) is 0 Å². The van der Waals surface area contributed by atoms with E-state index in [1.165, 1.54) is 12.1 Å². The predicted octanol–water partition coefficient (Wildman–Crippen LogP) is 3.76. The molecular formula is C20H20O4S2. The van der Waals surface area contributed by atoms with Gasteiger partial charge in [-0.05, 0) is 55.9 Å². The Morgan fingerprint density at radius 3 is 1.77 bits per heavy atom. The summed E-state index contributed by atoms with van der Waals surface area (Å²) in [5.74, 6) is 0.135. The van der Waals surface area contributed by atoms with Gasteiger partial charge in [0.25, 0.3) is 0 Å².